The Morgan fingerprint density at radius 3 is 2.54 bits per heavy atom. The molecule has 0 saturated carbocycles. The Hall–Kier alpha value is -2.16. The fraction of sp³-hybridized carbons (Fsp3) is 0.211. The first-order valence-corrected chi connectivity index (χ1v) is 10.0. The average molecular weight is 485 g/mol. The van der Waals surface area contributed by atoms with E-state index in [1.165, 1.54) is 0 Å². The van der Waals surface area contributed by atoms with Crippen molar-refractivity contribution in [3.8, 4) is 5.75 Å². The third-order valence-corrected chi connectivity index (χ3v) is 4.42. The maximum Gasteiger partial charge on any atom is 0.261 e. The summed E-state index contributed by atoms with van der Waals surface area (Å²) in [6, 6.07) is 12.1. The van der Waals surface area contributed by atoms with Crippen LogP contribution >= 0.6 is 39.7 Å². The van der Waals surface area contributed by atoms with E-state index >= 15 is 0 Å². The number of thiocarbonyl (C=S) groups is 1. The van der Waals surface area contributed by atoms with Crippen LogP contribution in [0.4, 0.5) is 0 Å². The minimum atomic E-state index is -0.447. The minimum absolute atomic E-state index is 0.0316. The van der Waals surface area contributed by atoms with Gasteiger partial charge in [-0.05, 0) is 54.5 Å². The lowest BCUT2D eigenvalue weighted by atomic mass is 10.1. The lowest BCUT2D eigenvalue weighted by Gasteiger charge is -2.13. The molecule has 0 heterocycles. The highest BCUT2D eigenvalue weighted by Crippen LogP contribution is 2.23. The quantitative estimate of drug-likeness (QED) is 0.430. The van der Waals surface area contributed by atoms with Crippen molar-refractivity contribution >= 4 is 56.7 Å². The molecule has 2 rings (SSSR count). The highest BCUT2D eigenvalue weighted by atomic mass is 79.9. The van der Waals surface area contributed by atoms with E-state index in [1.807, 2.05) is 6.92 Å². The van der Waals surface area contributed by atoms with E-state index in [0.29, 0.717) is 22.9 Å². The van der Waals surface area contributed by atoms with Gasteiger partial charge >= 0.3 is 0 Å². The van der Waals surface area contributed by atoms with Crippen molar-refractivity contribution in [2.75, 3.05) is 6.61 Å². The van der Waals surface area contributed by atoms with Crippen LogP contribution in [-0.4, -0.2) is 23.5 Å². The van der Waals surface area contributed by atoms with E-state index in [4.69, 9.17) is 28.6 Å². The van der Waals surface area contributed by atoms with E-state index in [2.05, 4.69) is 32.1 Å². The van der Waals surface area contributed by atoms with Crippen LogP contribution in [0, 0.1) is 0 Å². The summed E-state index contributed by atoms with van der Waals surface area (Å²) in [4.78, 5) is 24.5. The van der Waals surface area contributed by atoms with Gasteiger partial charge in [-0.2, -0.15) is 0 Å². The average Bonchev–Trinajstić information content (AvgIpc) is 2.67. The van der Waals surface area contributed by atoms with Gasteiger partial charge in [0.2, 0.25) is 5.91 Å². The van der Waals surface area contributed by atoms with Crippen LogP contribution < -0.4 is 20.9 Å². The third kappa shape index (κ3) is 7.10. The topological polar surface area (TPSA) is 79.5 Å². The number of carbonyl (C=O) groups excluding carboxylic acids is 2. The number of halogens is 2. The van der Waals surface area contributed by atoms with Gasteiger partial charge in [0.25, 0.3) is 5.91 Å². The molecule has 0 aliphatic carbocycles. The van der Waals surface area contributed by atoms with Gasteiger partial charge in [-0.15, -0.1) is 0 Å². The summed E-state index contributed by atoms with van der Waals surface area (Å²) in [5.41, 5.74) is 6.09. The third-order valence-electron chi connectivity index (χ3n) is 3.47. The Kier molecular flexibility index (Phi) is 8.69. The number of amides is 2. The molecular formula is C19H19BrClN3O3S. The van der Waals surface area contributed by atoms with Crippen LogP contribution in [0.3, 0.4) is 0 Å². The lowest BCUT2D eigenvalue weighted by Crippen LogP contribution is -2.48. The van der Waals surface area contributed by atoms with Crippen molar-refractivity contribution in [3.63, 3.8) is 0 Å². The zero-order valence-electron chi connectivity index (χ0n) is 15.1. The molecule has 2 aromatic carbocycles. The predicted molar refractivity (Wildman–Crippen MR) is 116 cm³/mol. The van der Waals surface area contributed by atoms with Crippen molar-refractivity contribution in [1.82, 2.24) is 16.2 Å². The van der Waals surface area contributed by atoms with Crippen molar-refractivity contribution < 1.29 is 14.3 Å². The first kappa shape index (κ1) is 22.1. The van der Waals surface area contributed by atoms with Gasteiger partial charge in [0.05, 0.1) is 18.6 Å². The van der Waals surface area contributed by atoms with Crippen LogP contribution in [-0.2, 0) is 11.2 Å². The van der Waals surface area contributed by atoms with Crippen molar-refractivity contribution in [2.45, 2.75) is 19.8 Å². The Morgan fingerprint density at radius 2 is 1.86 bits per heavy atom. The van der Waals surface area contributed by atoms with Gasteiger partial charge in [0, 0.05) is 9.50 Å². The second kappa shape index (κ2) is 11.0. The van der Waals surface area contributed by atoms with Crippen molar-refractivity contribution in [1.29, 1.82) is 0 Å². The highest BCUT2D eigenvalue weighted by molar-refractivity contribution is 9.10. The molecular weight excluding hydrogens is 466 g/mol. The Labute approximate surface area is 182 Å². The van der Waals surface area contributed by atoms with Gasteiger partial charge < -0.3 is 4.74 Å². The van der Waals surface area contributed by atoms with E-state index in [9.17, 15) is 9.59 Å². The summed E-state index contributed by atoms with van der Waals surface area (Å²) >= 11 is 14.2. The molecule has 28 heavy (non-hydrogen) atoms. The van der Waals surface area contributed by atoms with E-state index < -0.39 is 5.91 Å². The molecule has 2 aromatic rings. The molecule has 0 saturated heterocycles. The summed E-state index contributed by atoms with van der Waals surface area (Å²) in [5.74, 6) is -0.303. The van der Waals surface area contributed by atoms with Gasteiger partial charge in [0.15, 0.2) is 5.11 Å². The molecule has 0 radical (unpaired) electrons. The summed E-state index contributed by atoms with van der Waals surface area (Å²) in [6.45, 7) is 2.47. The van der Waals surface area contributed by atoms with Gasteiger partial charge in [-0.1, -0.05) is 46.6 Å². The SMILES string of the molecule is CCCOc1ccc(Br)cc1C(=O)NC(=S)NNC(=O)Cc1ccc(Cl)cc1. The highest BCUT2D eigenvalue weighted by Gasteiger charge is 2.15. The number of hydrogen-bond acceptors (Lipinski definition) is 4. The molecule has 0 unspecified atom stereocenters. The number of nitrogens with one attached hydrogen (secondary N) is 3. The number of ether oxygens (including phenoxy) is 1. The molecule has 0 aliphatic rings. The summed E-state index contributed by atoms with van der Waals surface area (Å²) in [6.07, 6.45) is 0.956. The van der Waals surface area contributed by atoms with Crippen LogP contribution in [0.1, 0.15) is 29.3 Å². The summed E-state index contributed by atoms with van der Waals surface area (Å²) < 4.78 is 6.33. The monoisotopic (exact) mass is 483 g/mol. The van der Waals surface area contributed by atoms with Gasteiger partial charge in [-0.3, -0.25) is 25.8 Å². The van der Waals surface area contributed by atoms with Gasteiger partial charge in [0.1, 0.15) is 5.75 Å². The number of carbonyl (C=O) groups is 2. The van der Waals surface area contributed by atoms with E-state index in [-0.39, 0.29) is 17.4 Å². The summed E-state index contributed by atoms with van der Waals surface area (Å²) in [7, 11) is 0. The zero-order chi connectivity index (χ0) is 20.5. The second-order valence-corrected chi connectivity index (χ2v) is 7.51. The van der Waals surface area contributed by atoms with Crippen LogP contribution in [0.25, 0.3) is 0 Å². The van der Waals surface area contributed by atoms with E-state index in [0.717, 1.165) is 16.5 Å². The first-order valence-electron chi connectivity index (χ1n) is 8.46. The van der Waals surface area contributed by atoms with Crippen molar-refractivity contribution in [2.24, 2.45) is 0 Å². The smallest absolute Gasteiger partial charge is 0.261 e. The molecule has 9 heteroatoms. The van der Waals surface area contributed by atoms with Gasteiger partial charge in [-0.25, -0.2) is 0 Å². The van der Waals surface area contributed by atoms with Crippen LogP contribution in [0.15, 0.2) is 46.9 Å². The number of hydrogen-bond donors (Lipinski definition) is 3. The molecule has 0 spiro atoms. The van der Waals surface area contributed by atoms with E-state index in [1.54, 1.807) is 42.5 Å². The molecule has 0 fully saturated rings. The fourth-order valence-corrected chi connectivity index (χ4v) is 2.81. The Morgan fingerprint density at radius 1 is 1.14 bits per heavy atom. The lowest BCUT2D eigenvalue weighted by molar-refractivity contribution is -0.121. The molecule has 148 valence electrons. The molecule has 6 nitrogen and oxygen atoms in total. The maximum absolute atomic E-state index is 12.5. The maximum atomic E-state index is 12.5. The molecule has 0 aliphatic heterocycles. The Bertz CT molecular complexity index is 862. The normalized spacial score (nSPS) is 10.1. The number of benzene rings is 2. The predicted octanol–water partition coefficient (Wildman–Crippen LogP) is 3.77. The zero-order valence-corrected chi connectivity index (χ0v) is 18.2. The van der Waals surface area contributed by atoms with Crippen LogP contribution in [0.5, 0.6) is 5.75 Å². The largest absolute Gasteiger partial charge is 0.493 e. The van der Waals surface area contributed by atoms with Crippen LogP contribution in [0.2, 0.25) is 5.02 Å². The summed E-state index contributed by atoms with van der Waals surface area (Å²) in [5, 5.41) is 3.08. The fourth-order valence-electron chi connectivity index (χ4n) is 2.18. The molecule has 0 aromatic heterocycles. The number of rotatable bonds is 6. The minimum Gasteiger partial charge on any atom is -0.493 e. The molecule has 3 N–H and O–H groups in total. The Balaban J connectivity index is 1.88. The first-order chi connectivity index (χ1) is 13.4. The molecule has 2 amide bonds. The second-order valence-electron chi connectivity index (χ2n) is 5.75. The number of hydrazine groups is 1. The molecule has 0 bridgehead atoms. The van der Waals surface area contributed by atoms with Crippen molar-refractivity contribution in [3.05, 3.63) is 63.1 Å². The standard InChI is InChI=1S/C19H19BrClN3O3S/c1-2-9-27-16-8-5-13(20)11-15(16)18(26)22-19(28)24-23-17(25)10-12-3-6-14(21)7-4-12/h3-8,11H,2,9-10H2,1H3,(H,23,25)(H2,22,24,26,28). The molecule has 0 atom stereocenters.